The van der Waals surface area contributed by atoms with Crippen LogP contribution in [0.2, 0.25) is 0 Å². The molecule has 4 nitrogen and oxygen atoms in total. The van der Waals surface area contributed by atoms with Crippen molar-refractivity contribution in [2.45, 2.75) is 45.1 Å². The molecule has 0 spiro atoms. The molecule has 0 saturated heterocycles. The molecular weight excluding hydrogens is 238 g/mol. The lowest BCUT2D eigenvalue weighted by molar-refractivity contribution is 0.0196. The Bertz CT molecular complexity index is 503. The fraction of sp³-hybridized carbons (Fsp3) is 0.467. The maximum absolute atomic E-state index is 10.4. The first-order chi connectivity index (χ1) is 9.18. The number of aliphatic hydroxyl groups is 1. The summed E-state index contributed by atoms with van der Waals surface area (Å²) >= 11 is 0. The molecule has 0 bridgehead atoms. The second-order valence-corrected chi connectivity index (χ2v) is 4.83. The highest BCUT2D eigenvalue weighted by molar-refractivity contribution is 5.15. The maximum atomic E-state index is 10.4. The fourth-order valence-electron chi connectivity index (χ4n) is 2.09. The van der Waals surface area contributed by atoms with Gasteiger partial charge in [-0.2, -0.15) is 5.10 Å². The van der Waals surface area contributed by atoms with E-state index >= 15 is 0 Å². The van der Waals surface area contributed by atoms with Crippen LogP contribution in [0.3, 0.4) is 0 Å². The molecular formula is C15H21N3O. The third kappa shape index (κ3) is 3.20. The number of nitrogens with zero attached hydrogens (tertiary/aromatic N) is 2. The van der Waals surface area contributed by atoms with Crippen molar-refractivity contribution in [3.05, 3.63) is 47.5 Å². The molecule has 0 atom stereocenters. The summed E-state index contributed by atoms with van der Waals surface area (Å²) in [6.07, 6.45) is 2.98. The molecule has 0 aliphatic carbocycles. The topological polar surface area (TPSA) is 61.8 Å². The normalized spacial score (nSPS) is 11.7. The highest BCUT2D eigenvalue weighted by atomic mass is 16.3. The maximum Gasteiger partial charge on any atom is 0.182 e. The molecule has 0 unspecified atom stereocenters. The van der Waals surface area contributed by atoms with E-state index < -0.39 is 5.60 Å². The van der Waals surface area contributed by atoms with E-state index in [9.17, 15) is 5.11 Å². The summed E-state index contributed by atoms with van der Waals surface area (Å²) in [6.45, 7) is 3.90. The first kappa shape index (κ1) is 13.7. The molecule has 0 aliphatic heterocycles. The van der Waals surface area contributed by atoms with Gasteiger partial charge in [0.05, 0.1) is 0 Å². The number of aromatic amines is 1. The van der Waals surface area contributed by atoms with Crippen LogP contribution in [0.5, 0.6) is 0 Å². The smallest absolute Gasteiger partial charge is 0.182 e. The minimum atomic E-state index is -0.901. The summed E-state index contributed by atoms with van der Waals surface area (Å²) in [4.78, 5) is 4.42. The van der Waals surface area contributed by atoms with Crippen molar-refractivity contribution in [2.75, 3.05) is 0 Å². The molecule has 0 saturated carbocycles. The van der Waals surface area contributed by atoms with E-state index in [0.717, 1.165) is 18.7 Å². The van der Waals surface area contributed by atoms with Gasteiger partial charge in [-0.25, -0.2) is 4.98 Å². The number of hydrogen-bond donors (Lipinski definition) is 2. The van der Waals surface area contributed by atoms with Crippen LogP contribution in [-0.4, -0.2) is 20.3 Å². The van der Waals surface area contributed by atoms with Gasteiger partial charge in [-0.05, 0) is 24.8 Å². The van der Waals surface area contributed by atoms with Crippen molar-refractivity contribution in [1.82, 2.24) is 15.2 Å². The molecule has 0 radical (unpaired) electrons. The Morgan fingerprint density at radius 2 is 1.79 bits per heavy atom. The number of rotatable bonds is 6. The molecule has 2 N–H and O–H groups in total. The number of H-pyrrole nitrogens is 1. The van der Waals surface area contributed by atoms with Crippen LogP contribution in [0.15, 0.2) is 30.3 Å². The van der Waals surface area contributed by atoms with E-state index in [1.165, 1.54) is 5.56 Å². The summed E-state index contributed by atoms with van der Waals surface area (Å²) in [5, 5.41) is 17.4. The van der Waals surface area contributed by atoms with Crippen molar-refractivity contribution >= 4 is 0 Å². The molecule has 2 aromatic rings. The van der Waals surface area contributed by atoms with Gasteiger partial charge in [0.2, 0.25) is 0 Å². The Hall–Kier alpha value is -1.68. The highest BCUT2D eigenvalue weighted by Crippen LogP contribution is 2.25. The van der Waals surface area contributed by atoms with Crippen LogP contribution in [0.1, 0.15) is 43.9 Å². The van der Waals surface area contributed by atoms with E-state index in [4.69, 9.17) is 0 Å². The van der Waals surface area contributed by atoms with Gasteiger partial charge in [0.25, 0.3) is 0 Å². The quantitative estimate of drug-likeness (QED) is 0.838. The molecule has 1 aromatic heterocycles. The van der Waals surface area contributed by atoms with Crippen LogP contribution in [0.25, 0.3) is 0 Å². The Morgan fingerprint density at radius 3 is 2.42 bits per heavy atom. The van der Waals surface area contributed by atoms with Gasteiger partial charge in [-0.3, -0.25) is 5.10 Å². The Kier molecular flexibility index (Phi) is 4.32. The van der Waals surface area contributed by atoms with E-state index in [1.54, 1.807) is 0 Å². The van der Waals surface area contributed by atoms with Crippen molar-refractivity contribution in [3.8, 4) is 0 Å². The molecule has 2 rings (SSSR count). The minimum Gasteiger partial charge on any atom is -0.382 e. The van der Waals surface area contributed by atoms with Gasteiger partial charge in [-0.1, -0.05) is 44.2 Å². The molecule has 102 valence electrons. The average molecular weight is 259 g/mol. The second kappa shape index (κ2) is 5.97. The lowest BCUT2D eigenvalue weighted by Crippen LogP contribution is -2.25. The standard InChI is InChI=1S/C15H21N3O/c1-3-15(19,4-2)14-16-13(17-18-14)11-10-12-8-6-5-7-9-12/h5-9,19H,3-4,10-11H2,1-2H3,(H,16,17,18). The van der Waals surface area contributed by atoms with Crippen LogP contribution >= 0.6 is 0 Å². The predicted octanol–water partition coefficient (Wildman–Crippen LogP) is 2.60. The number of hydrogen-bond acceptors (Lipinski definition) is 3. The summed E-state index contributed by atoms with van der Waals surface area (Å²) in [7, 11) is 0. The van der Waals surface area contributed by atoms with Gasteiger partial charge >= 0.3 is 0 Å². The monoisotopic (exact) mass is 259 g/mol. The molecule has 19 heavy (non-hydrogen) atoms. The van der Waals surface area contributed by atoms with Crippen LogP contribution in [-0.2, 0) is 18.4 Å². The molecule has 0 amide bonds. The van der Waals surface area contributed by atoms with E-state index in [0.29, 0.717) is 18.7 Å². The summed E-state index contributed by atoms with van der Waals surface area (Å²) < 4.78 is 0. The molecule has 0 fully saturated rings. The number of benzene rings is 1. The Morgan fingerprint density at radius 1 is 1.11 bits per heavy atom. The van der Waals surface area contributed by atoms with Gasteiger partial charge in [0.1, 0.15) is 11.4 Å². The van der Waals surface area contributed by atoms with Crippen molar-refractivity contribution < 1.29 is 5.11 Å². The van der Waals surface area contributed by atoms with Crippen molar-refractivity contribution in [1.29, 1.82) is 0 Å². The lowest BCUT2D eigenvalue weighted by atomic mass is 9.97. The zero-order chi connectivity index (χ0) is 13.7. The highest BCUT2D eigenvalue weighted by Gasteiger charge is 2.29. The summed E-state index contributed by atoms with van der Waals surface area (Å²) in [6, 6.07) is 10.3. The van der Waals surface area contributed by atoms with Gasteiger partial charge in [0, 0.05) is 6.42 Å². The third-order valence-electron chi connectivity index (χ3n) is 3.61. The number of aryl methyl sites for hydroxylation is 2. The van der Waals surface area contributed by atoms with Crippen LogP contribution < -0.4 is 0 Å². The number of aromatic nitrogens is 3. The summed E-state index contributed by atoms with van der Waals surface area (Å²) in [5.74, 6) is 1.35. The fourth-order valence-corrected chi connectivity index (χ4v) is 2.09. The first-order valence-electron chi connectivity index (χ1n) is 6.86. The van der Waals surface area contributed by atoms with E-state index in [2.05, 4.69) is 27.3 Å². The second-order valence-electron chi connectivity index (χ2n) is 4.83. The van der Waals surface area contributed by atoms with Crippen LogP contribution in [0, 0.1) is 0 Å². The molecule has 0 aliphatic rings. The third-order valence-corrected chi connectivity index (χ3v) is 3.61. The Labute approximate surface area is 113 Å². The first-order valence-corrected chi connectivity index (χ1v) is 6.86. The predicted molar refractivity (Wildman–Crippen MR) is 74.7 cm³/mol. The van der Waals surface area contributed by atoms with Gasteiger partial charge < -0.3 is 5.11 Å². The van der Waals surface area contributed by atoms with E-state index in [-0.39, 0.29) is 0 Å². The average Bonchev–Trinajstić information content (AvgIpc) is 2.95. The molecule has 4 heteroatoms. The summed E-state index contributed by atoms with van der Waals surface area (Å²) in [5.41, 5.74) is 0.378. The van der Waals surface area contributed by atoms with Gasteiger partial charge in [0.15, 0.2) is 5.82 Å². The van der Waals surface area contributed by atoms with Gasteiger partial charge in [-0.15, -0.1) is 0 Å². The Balaban J connectivity index is 2.02. The van der Waals surface area contributed by atoms with Crippen molar-refractivity contribution in [3.63, 3.8) is 0 Å². The van der Waals surface area contributed by atoms with Crippen LogP contribution in [0.4, 0.5) is 0 Å². The largest absolute Gasteiger partial charge is 0.382 e. The number of nitrogens with one attached hydrogen (secondary N) is 1. The SMILES string of the molecule is CCC(O)(CC)c1n[nH]c(CCc2ccccc2)n1. The zero-order valence-electron chi connectivity index (χ0n) is 11.6. The van der Waals surface area contributed by atoms with E-state index in [1.807, 2.05) is 32.0 Å². The lowest BCUT2D eigenvalue weighted by Gasteiger charge is -2.20. The molecule has 1 aromatic carbocycles. The minimum absolute atomic E-state index is 0.514. The molecule has 1 heterocycles. The zero-order valence-corrected chi connectivity index (χ0v) is 11.6. The van der Waals surface area contributed by atoms with Crippen molar-refractivity contribution in [2.24, 2.45) is 0 Å².